The van der Waals surface area contributed by atoms with E-state index < -0.39 is 6.10 Å². The van der Waals surface area contributed by atoms with Crippen molar-refractivity contribution in [1.82, 2.24) is 0 Å². The van der Waals surface area contributed by atoms with Crippen molar-refractivity contribution in [1.29, 1.82) is 0 Å². The van der Waals surface area contributed by atoms with Crippen LogP contribution >= 0.6 is 0 Å². The third-order valence-electron chi connectivity index (χ3n) is 3.12. The maximum atomic E-state index is 12.2. The highest BCUT2D eigenvalue weighted by molar-refractivity contribution is 6.03. The van der Waals surface area contributed by atoms with E-state index >= 15 is 0 Å². The van der Waals surface area contributed by atoms with Crippen LogP contribution in [0.1, 0.15) is 22.0 Å². The number of phenols is 2. The van der Waals surface area contributed by atoms with Gasteiger partial charge in [0.05, 0.1) is 5.56 Å². The lowest BCUT2D eigenvalue weighted by molar-refractivity contribution is 0.0951. The first kappa shape index (κ1) is 11.7. The zero-order chi connectivity index (χ0) is 13.4. The number of hydrogen-bond donors (Lipinski definition) is 2. The summed E-state index contributed by atoms with van der Waals surface area (Å²) < 4.78 is 5.38. The average molecular weight is 256 g/mol. The molecule has 1 saturated heterocycles. The molecule has 2 aromatic carbocycles. The minimum absolute atomic E-state index is 0.0784. The molecule has 0 unspecified atom stereocenters. The largest absolute Gasteiger partial charge is 0.508 e. The molecule has 0 radical (unpaired) electrons. The predicted molar refractivity (Wildman–Crippen MR) is 68.2 cm³/mol. The molecule has 0 spiro atoms. The van der Waals surface area contributed by atoms with E-state index in [4.69, 9.17) is 4.74 Å². The van der Waals surface area contributed by atoms with Crippen molar-refractivity contribution >= 4 is 5.78 Å². The summed E-state index contributed by atoms with van der Waals surface area (Å²) in [5.74, 6) is -0.580. The highest BCUT2D eigenvalue weighted by atomic mass is 16.6. The van der Waals surface area contributed by atoms with E-state index in [-0.39, 0.29) is 28.9 Å². The van der Waals surface area contributed by atoms with Gasteiger partial charge in [0.1, 0.15) is 17.6 Å². The van der Waals surface area contributed by atoms with Crippen LogP contribution in [0.15, 0.2) is 48.5 Å². The van der Waals surface area contributed by atoms with Crippen LogP contribution in [0.5, 0.6) is 11.5 Å². The van der Waals surface area contributed by atoms with Gasteiger partial charge in [-0.25, -0.2) is 0 Å². The van der Waals surface area contributed by atoms with Gasteiger partial charge in [0.2, 0.25) is 0 Å². The molecular formula is C15H12O4. The van der Waals surface area contributed by atoms with E-state index in [9.17, 15) is 15.0 Å². The third kappa shape index (κ3) is 2.18. The Balaban J connectivity index is 1.80. The summed E-state index contributed by atoms with van der Waals surface area (Å²) in [7, 11) is 0. The smallest absolute Gasteiger partial charge is 0.198 e. The standard InChI is InChI=1S/C15H12O4/c16-10-6-7-11(12(17)8-10)13(18)15-14(19-15)9-4-2-1-3-5-9/h1-8,14-17H/t14-,15-/m1/s1. The maximum Gasteiger partial charge on any atom is 0.198 e. The van der Waals surface area contributed by atoms with Crippen LogP contribution in [0, 0.1) is 0 Å². The third-order valence-corrected chi connectivity index (χ3v) is 3.12. The Bertz CT molecular complexity index is 621. The van der Waals surface area contributed by atoms with Gasteiger partial charge in [-0.3, -0.25) is 4.79 Å². The summed E-state index contributed by atoms with van der Waals surface area (Å²) in [6, 6.07) is 13.4. The first-order valence-corrected chi connectivity index (χ1v) is 5.93. The lowest BCUT2D eigenvalue weighted by Gasteiger charge is -2.02. The molecule has 96 valence electrons. The number of ketones is 1. The van der Waals surface area contributed by atoms with Crippen LogP contribution < -0.4 is 0 Å². The van der Waals surface area contributed by atoms with Crippen LogP contribution in [-0.4, -0.2) is 22.1 Å². The topological polar surface area (TPSA) is 70.1 Å². The zero-order valence-electron chi connectivity index (χ0n) is 9.98. The second-order valence-corrected chi connectivity index (χ2v) is 4.45. The molecule has 19 heavy (non-hydrogen) atoms. The number of epoxide rings is 1. The van der Waals surface area contributed by atoms with Crippen molar-refractivity contribution in [2.75, 3.05) is 0 Å². The minimum atomic E-state index is -0.558. The Hall–Kier alpha value is -2.33. The van der Waals surface area contributed by atoms with Crippen molar-refractivity contribution in [3.05, 3.63) is 59.7 Å². The normalized spacial score (nSPS) is 21.1. The van der Waals surface area contributed by atoms with Gasteiger partial charge in [-0.05, 0) is 17.7 Å². The van der Waals surface area contributed by atoms with Crippen LogP contribution in [0.2, 0.25) is 0 Å². The molecule has 2 aromatic rings. The fourth-order valence-electron chi connectivity index (χ4n) is 2.09. The molecule has 0 bridgehead atoms. The fourth-order valence-corrected chi connectivity index (χ4v) is 2.09. The number of rotatable bonds is 3. The number of benzene rings is 2. The first-order valence-electron chi connectivity index (χ1n) is 5.93. The molecule has 0 amide bonds. The van der Waals surface area contributed by atoms with E-state index in [1.54, 1.807) is 0 Å². The summed E-state index contributed by atoms with van der Waals surface area (Å²) >= 11 is 0. The number of phenolic OH excluding ortho intramolecular Hbond substituents is 2. The van der Waals surface area contributed by atoms with Crippen molar-refractivity contribution in [2.24, 2.45) is 0 Å². The number of ether oxygens (including phenoxy) is 1. The van der Waals surface area contributed by atoms with Crippen molar-refractivity contribution in [2.45, 2.75) is 12.2 Å². The first-order chi connectivity index (χ1) is 9.16. The summed E-state index contributed by atoms with van der Waals surface area (Å²) in [6.45, 7) is 0. The Morgan fingerprint density at radius 2 is 1.79 bits per heavy atom. The van der Waals surface area contributed by atoms with E-state index in [2.05, 4.69) is 0 Å². The van der Waals surface area contributed by atoms with Gasteiger partial charge in [0, 0.05) is 6.07 Å². The Morgan fingerprint density at radius 3 is 2.47 bits per heavy atom. The molecule has 1 aliphatic heterocycles. The predicted octanol–water partition coefficient (Wildman–Crippen LogP) is 2.42. The molecule has 1 fully saturated rings. The second-order valence-electron chi connectivity index (χ2n) is 4.45. The van der Waals surface area contributed by atoms with Crippen molar-refractivity contribution in [3.8, 4) is 11.5 Å². The highest BCUT2D eigenvalue weighted by Crippen LogP contribution is 2.41. The van der Waals surface area contributed by atoms with E-state index in [1.165, 1.54) is 12.1 Å². The maximum absolute atomic E-state index is 12.2. The van der Waals surface area contributed by atoms with Crippen LogP contribution in [0.4, 0.5) is 0 Å². The molecule has 2 N–H and O–H groups in total. The summed E-state index contributed by atoms with van der Waals surface area (Å²) in [6.07, 6.45) is -0.806. The van der Waals surface area contributed by atoms with Gasteiger partial charge in [-0.2, -0.15) is 0 Å². The van der Waals surface area contributed by atoms with Crippen LogP contribution in [0.3, 0.4) is 0 Å². The van der Waals surface area contributed by atoms with Gasteiger partial charge in [0.25, 0.3) is 0 Å². The minimum Gasteiger partial charge on any atom is -0.508 e. The molecule has 1 aliphatic rings. The lowest BCUT2D eigenvalue weighted by atomic mass is 10.0. The van der Waals surface area contributed by atoms with Crippen LogP contribution in [-0.2, 0) is 4.74 Å². The average Bonchev–Trinajstić information content (AvgIpc) is 3.19. The molecule has 4 heteroatoms. The Labute approximate surface area is 109 Å². The Morgan fingerprint density at radius 1 is 1.05 bits per heavy atom. The molecule has 2 atom stereocenters. The highest BCUT2D eigenvalue weighted by Gasteiger charge is 2.46. The van der Waals surface area contributed by atoms with Crippen LogP contribution in [0.25, 0.3) is 0 Å². The van der Waals surface area contributed by atoms with E-state index in [1.807, 2.05) is 30.3 Å². The van der Waals surface area contributed by atoms with Gasteiger partial charge >= 0.3 is 0 Å². The quantitative estimate of drug-likeness (QED) is 0.653. The molecule has 1 heterocycles. The number of hydrogen-bond acceptors (Lipinski definition) is 4. The zero-order valence-corrected chi connectivity index (χ0v) is 9.98. The molecule has 0 saturated carbocycles. The van der Waals surface area contributed by atoms with Gasteiger partial charge in [-0.15, -0.1) is 0 Å². The van der Waals surface area contributed by atoms with Crippen molar-refractivity contribution in [3.63, 3.8) is 0 Å². The molecule has 0 aromatic heterocycles. The molecule has 3 rings (SSSR count). The number of Topliss-reactive ketones (excluding diaryl/α,β-unsaturated/α-hetero) is 1. The van der Waals surface area contributed by atoms with E-state index in [0.29, 0.717) is 0 Å². The van der Waals surface area contributed by atoms with Gasteiger partial charge < -0.3 is 14.9 Å². The Kier molecular flexibility index (Phi) is 2.72. The summed E-state index contributed by atoms with van der Waals surface area (Å²) in [4.78, 5) is 12.2. The fraction of sp³-hybridized carbons (Fsp3) is 0.133. The molecule has 4 nitrogen and oxygen atoms in total. The summed E-state index contributed by atoms with van der Waals surface area (Å²) in [5.41, 5.74) is 1.11. The van der Waals surface area contributed by atoms with Gasteiger partial charge in [-0.1, -0.05) is 30.3 Å². The monoisotopic (exact) mass is 256 g/mol. The van der Waals surface area contributed by atoms with E-state index in [0.717, 1.165) is 11.6 Å². The van der Waals surface area contributed by atoms with Crippen molar-refractivity contribution < 1.29 is 19.7 Å². The number of carbonyl (C=O) groups is 1. The van der Waals surface area contributed by atoms with Gasteiger partial charge in [0.15, 0.2) is 11.9 Å². The molecule has 0 aliphatic carbocycles. The lowest BCUT2D eigenvalue weighted by Crippen LogP contribution is -2.08. The molecular weight excluding hydrogens is 244 g/mol. The second kappa shape index (κ2) is 4.40. The SMILES string of the molecule is O=C(c1ccc(O)cc1O)[C@H]1O[C@@H]1c1ccccc1. The number of aromatic hydroxyl groups is 2. The number of carbonyl (C=O) groups excluding carboxylic acids is 1. The summed E-state index contributed by atoms with van der Waals surface area (Å²) in [5, 5.41) is 18.9.